The molecule has 12 heavy (non-hydrogen) atoms. The first-order valence-corrected chi connectivity index (χ1v) is 4.60. The molecule has 0 spiro atoms. The smallest absolute Gasteiger partial charge is 0.0719 e. The highest BCUT2D eigenvalue weighted by Gasteiger charge is 1.96. The zero-order valence-electron chi connectivity index (χ0n) is 7.01. The van der Waals surface area contributed by atoms with Crippen LogP contribution in [0.15, 0.2) is 22.7 Å². The second-order valence-corrected chi connectivity index (χ2v) is 3.56. The van der Waals surface area contributed by atoms with E-state index in [1.807, 2.05) is 0 Å². The topological polar surface area (TPSA) is 35.2 Å². The molecule has 0 amide bonds. The second kappa shape index (κ2) is 4.60. The average molecular weight is 230 g/mol. The predicted molar refractivity (Wildman–Crippen MR) is 52.7 cm³/mol. The van der Waals surface area contributed by atoms with Crippen LogP contribution in [0.5, 0.6) is 0 Å². The van der Waals surface area contributed by atoms with Gasteiger partial charge >= 0.3 is 0 Å². The molecule has 0 heterocycles. The molecule has 0 aliphatic heterocycles. The third-order valence-corrected chi connectivity index (χ3v) is 2.60. The number of hydrogen-bond donors (Lipinski definition) is 1. The lowest BCUT2D eigenvalue weighted by Crippen LogP contribution is -2.03. The number of hydrogen-bond acceptors (Lipinski definition) is 2. The van der Waals surface area contributed by atoms with Crippen LogP contribution in [0.4, 0.5) is 0 Å². The summed E-state index contributed by atoms with van der Waals surface area (Å²) in [5.41, 5.74) is 2.48. The molecule has 0 saturated heterocycles. The first-order valence-electron chi connectivity index (χ1n) is 3.80. The molecular formula is C9H12BrNO. The third-order valence-electron chi connectivity index (χ3n) is 1.74. The normalized spacial score (nSPS) is 10.2. The Hall–Kier alpha value is -0.380. The number of benzene rings is 1. The fourth-order valence-electron chi connectivity index (χ4n) is 0.969. The molecule has 1 rings (SSSR count). The third kappa shape index (κ3) is 2.59. The van der Waals surface area contributed by atoms with Crippen molar-refractivity contribution >= 4 is 15.9 Å². The summed E-state index contributed by atoms with van der Waals surface area (Å²) in [5.74, 6) is 4.93. The lowest BCUT2D eigenvalue weighted by Gasteiger charge is -2.02. The van der Waals surface area contributed by atoms with Gasteiger partial charge in [0.15, 0.2) is 0 Å². The zero-order chi connectivity index (χ0) is 8.97. The fourth-order valence-corrected chi connectivity index (χ4v) is 1.39. The second-order valence-electron chi connectivity index (χ2n) is 2.70. The van der Waals surface area contributed by atoms with Crippen molar-refractivity contribution in [1.29, 1.82) is 0 Å². The van der Waals surface area contributed by atoms with Gasteiger partial charge in [-0.25, -0.2) is 5.90 Å². The van der Waals surface area contributed by atoms with Crippen LogP contribution in [0.25, 0.3) is 0 Å². The van der Waals surface area contributed by atoms with Gasteiger partial charge in [-0.3, -0.25) is 0 Å². The van der Waals surface area contributed by atoms with Gasteiger partial charge in [-0.05, 0) is 30.5 Å². The molecule has 0 fully saturated rings. The minimum Gasteiger partial charge on any atom is -0.304 e. The van der Waals surface area contributed by atoms with Gasteiger partial charge in [0.05, 0.1) is 6.61 Å². The Balaban J connectivity index is 2.69. The molecule has 0 radical (unpaired) electrons. The van der Waals surface area contributed by atoms with E-state index >= 15 is 0 Å². The van der Waals surface area contributed by atoms with E-state index in [0.29, 0.717) is 6.61 Å². The molecule has 1 aromatic carbocycles. The Bertz CT molecular complexity index is 263. The Morgan fingerprint density at radius 1 is 1.50 bits per heavy atom. The van der Waals surface area contributed by atoms with Crippen molar-refractivity contribution in [3.63, 3.8) is 0 Å². The van der Waals surface area contributed by atoms with Crippen molar-refractivity contribution < 1.29 is 4.84 Å². The Labute approximate surface area is 80.8 Å². The Morgan fingerprint density at radius 2 is 2.25 bits per heavy atom. The van der Waals surface area contributed by atoms with Gasteiger partial charge in [-0.2, -0.15) is 0 Å². The summed E-state index contributed by atoms with van der Waals surface area (Å²) in [6.07, 6.45) is 0.857. The van der Waals surface area contributed by atoms with Crippen LogP contribution < -0.4 is 5.90 Å². The first kappa shape index (κ1) is 9.71. The van der Waals surface area contributed by atoms with Crippen LogP contribution in [0, 0.1) is 6.92 Å². The van der Waals surface area contributed by atoms with Gasteiger partial charge in [0.2, 0.25) is 0 Å². The van der Waals surface area contributed by atoms with Gasteiger partial charge in [0, 0.05) is 4.47 Å². The molecule has 0 aliphatic rings. The summed E-state index contributed by atoms with van der Waals surface area (Å²) in [6, 6.07) is 6.25. The zero-order valence-corrected chi connectivity index (χ0v) is 8.60. The van der Waals surface area contributed by atoms with E-state index in [-0.39, 0.29) is 0 Å². The van der Waals surface area contributed by atoms with E-state index < -0.39 is 0 Å². The van der Waals surface area contributed by atoms with Gasteiger partial charge < -0.3 is 4.84 Å². The van der Waals surface area contributed by atoms with Crippen LogP contribution in [0.1, 0.15) is 11.1 Å². The summed E-state index contributed by atoms with van der Waals surface area (Å²) < 4.78 is 1.14. The number of rotatable bonds is 3. The highest BCUT2D eigenvalue weighted by Crippen LogP contribution is 2.17. The van der Waals surface area contributed by atoms with Crippen LogP contribution >= 0.6 is 15.9 Å². The molecule has 2 nitrogen and oxygen atoms in total. The molecule has 66 valence electrons. The summed E-state index contributed by atoms with van der Waals surface area (Å²) in [7, 11) is 0. The van der Waals surface area contributed by atoms with E-state index in [9.17, 15) is 0 Å². The molecule has 0 aromatic heterocycles. The molecule has 0 unspecified atom stereocenters. The summed E-state index contributed by atoms with van der Waals surface area (Å²) in [6.45, 7) is 2.63. The molecule has 0 saturated carbocycles. The molecule has 0 atom stereocenters. The minimum absolute atomic E-state index is 0.565. The molecule has 2 N–H and O–H groups in total. The van der Waals surface area contributed by atoms with Gasteiger partial charge in [-0.1, -0.05) is 28.1 Å². The molecule has 0 aliphatic carbocycles. The Kier molecular flexibility index (Phi) is 3.72. The van der Waals surface area contributed by atoms with E-state index in [2.05, 4.69) is 45.9 Å². The lowest BCUT2D eigenvalue weighted by molar-refractivity contribution is 0.141. The quantitative estimate of drug-likeness (QED) is 0.808. The highest BCUT2D eigenvalue weighted by molar-refractivity contribution is 9.10. The van der Waals surface area contributed by atoms with Gasteiger partial charge in [0.1, 0.15) is 0 Å². The molecular weight excluding hydrogens is 218 g/mol. The van der Waals surface area contributed by atoms with Crippen LogP contribution in [-0.2, 0) is 11.3 Å². The fraction of sp³-hybridized carbons (Fsp3) is 0.333. The summed E-state index contributed by atoms with van der Waals surface area (Å²) in [5, 5.41) is 0. The number of nitrogens with two attached hydrogens (primary N) is 1. The van der Waals surface area contributed by atoms with E-state index in [1.54, 1.807) is 0 Å². The van der Waals surface area contributed by atoms with Crippen LogP contribution in [0.2, 0.25) is 0 Å². The van der Waals surface area contributed by atoms with E-state index in [1.165, 1.54) is 11.1 Å². The standard InChI is InChI=1S/C9H12BrNO/c1-7-2-3-8(4-5-12-11)6-9(7)10/h2-3,6H,4-5,11H2,1H3. The lowest BCUT2D eigenvalue weighted by atomic mass is 10.1. The molecule has 1 aromatic rings. The van der Waals surface area contributed by atoms with E-state index in [4.69, 9.17) is 5.90 Å². The van der Waals surface area contributed by atoms with E-state index in [0.717, 1.165) is 10.9 Å². The van der Waals surface area contributed by atoms with Crippen molar-refractivity contribution in [1.82, 2.24) is 0 Å². The summed E-state index contributed by atoms with van der Waals surface area (Å²) >= 11 is 3.47. The molecule has 3 heteroatoms. The van der Waals surface area contributed by atoms with Crippen LogP contribution in [-0.4, -0.2) is 6.61 Å². The Morgan fingerprint density at radius 3 is 2.83 bits per heavy atom. The maximum Gasteiger partial charge on any atom is 0.0719 e. The van der Waals surface area contributed by atoms with Crippen molar-refractivity contribution in [2.24, 2.45) is 5.90 Å². The van der Waals surface area contributed by atoms with Gasteiger partial charge in [-0.15, -0.1) is 0 Å². The average Bonchev–Trinajstić information content (AvgIpc) is 2.07. The predicted octanol–water partition coefficient (Wildman–Crippen LogP) is 2.19. The maximum atomic E-state index is 4.93. The van der Waals surface area contributed by atoms with Gasteiger partial charge in [0.25, 0.3) is 0 Å². The van der Waals surface area contributed by atoms with Crippen LogP contribution in [0.3, 0.4) is 0 Å². The first-order chi connectivity index (χ1) is 5.74. The number of halogens is 1. The maximum absolute atomic E-state index is 4.93. The largest absolute Gasteiger partial charge is 0.304 e. The highest BCUT2D eigenvalue weighted by atomic mass is 79.9. The van der Waals surface area contributed by atoms with Crippen molar-refractivity contribution in [2.45, 2.75) is 13.3 Å². The number of aryl methyl sites for hydroxylation is 1. The van der Waals surface area contributed by atoms with Crippen molar-refractivity contribution in [3.05, 3.63) is 33.8 Å². The monoisotopic (exact) mass is 229 g/mol. The van der Waals surface area contributed by atoms with Crippen molar-refractivity contribution in [2.75, 3.05) is 6.61 Å². The minimum atomic E-state index is 0.565. The van der Waals surface area contributed by atoms with Crippen molar-refractivity contribution in [3.8, 4) is 0 Å². The molecule has 0 bridgehead atoms. The SMILES string of the molecule is Cc1ccc(CCON)cc1Br. The summed E-state index contributed by atoms with van der Waals surface area (Å²) in [4.78, 5) is 4.50.